The Labute approximate surface area is 165 Å². The number of halogens is 2. The molecule has 2 N–H and O–H groups in total. The van der Waals surface area contributed by atoms with Crippen molar-refractivity contribution in [2.45, 2.75) is 5.66 Å². The van der Waals surface area contributed by atoms with Crippen LogP contribution in [-0.2, 0) is 5.66 Å². The van der Waals surface area contributed by atoms with Gasteiger partial charge in [0.15, 0.2) is 5.66 Å². The van der Waals surface area contributed by atoms with Crippen LogP contribution in [-0.4, -0.2) is 14.2 Å². The number of anilines is 2. The third-order valence-corrected chi connectivity index (χ3v) is 5.40. The van der Waals surface area contributed by atoms with Crippen LogP contribution >= 0.6 is 15.9 Å². The normalized spacial score (nSPS) is 14.1. The van der Waals surface area contributed by atoms with Gasteiger partial charge >= 0.3 is 0 Å². The summed E-state index contributed by atoms with van der Waals surface area (Å²) in [5, 5.41) is 7.05. The second-order valence-corrected chi connectivity index (χ2v) is 7.07. The van der Waals surface area contributed by atoms with Crippen LogP contribution in [0.1, 0.15) is 11.1 Å². The van der Waals surface area contributed by atoms with Gasteiger partial charge in [-0.2, -0.15) is 0 Å². The van der Waals surface area contributed by atoms with Crippen molar-refractivity contribution >= 4 is 27.3 Å². The molecule has 1 aliphatic heterocycles. The van der Waals surface area contributed by atoms with Crippen molar-refractivity contribution in [3.63, 3.8) is 0 Å². The zero-order chi connectivity index (χ0) is 19.0. The third-order valence-electron chi connectivity index (χ3n) is 4.75. The Bertz CT molecular complexity index is 962. The molecule has 138 valence electrons. The predicted octanol–water partition coefficient (Wildman–Crippen LogP) is 5.34. The van der Waals surface area contributed by atoms with Crippen molar-refractivity contribution in [2.24, 2.45) is 0 Å². The summed E-state index contributed by atoms with van der Waals surface area (Å²) < 4.78 is 25.9. The van der Waals surface area contributed by atoms with Crippen molar-refractivity contribution < 1.29 is 13.9 Å². The van der Waals surface area contributed by atoms with Crippen molar-refractivity contribution in [2.75, 3.05) is 24.9 Å². The Morgan fingerprint density at radius 3 is 1.93 bits per heavy atom. The monoisotopic (exact) mass is 428 g/mol. The van der Waals surface area contributed by atoms with Crippen LogP contribution in [0.15, 0.2) is 65.1 Å². The molecule has 0 aromatic heterocycles. The van der Waals surface area contributed by atoms with Crippen LogP contribution in [0.25, 0.3) is 0 Å². The minimum absolute atomic E-state index is 0.332. The van der Waals surface area contributed by atoms with E-state index in [4.69, 9.17) is 9.47 Å². The first-order chi connectivity index (χ1) is 13.1. The minimum atomic E-state index is -0.868. The first kappa shape index (κ1) is 17.7. The Hall–Kier alpha value is -2.73. The van der Waals surface area contributed by atoms with Crippen molar-refractivity contribution in [3.8, 4) is 11.5 Å². The van der Waals surface area contributed by atoms with Crippen LogP contribution < -0.4 is 20.1 Å². The molecular formula is C21H18BrFN2O2. The molecule has 0 amide bonds. The molecule has 0 saturated heterocycles. The van der Waals surface area contributed by atoms with E-state index >= 15 is 0 Å². The van der Waals surface area contributed by atoms with Gasteiger partial charge in [0.25, 0.3) is 0 Å². The van der Waals surface area contributed by atoms with Crippen LogP contribution in [0.4, 0.5) is 15.8 Å². The average Bonchev–Trinajstić information content (AvgIpc) is 3.12. The molecule has 4 rings (SSSR count). The van der Waals surface area contributed by atoms with Gasteiger partial charge in [-0.3, -0.25) is 0 Å². The molecule has 1 heterocycles. The van der Waals surface area contributed by atoms with Crippen molar-refractivity contribution in [1.82, 2.24) is 0 Å². The van der Waals surface area contributed by atoms with Gasteiger partial charge in [0, 0.05) is 11.1 Å². The van der Waals surface area contributed by atoms with E-state index in [9.17, 15) is 4.39 Å². The zero-order valence-corrected chi connectivity index (χ0v) is 16.4. The lowest BCUT2D eigenvalue weighted by atomic mass is 9.91. The number of methoxy groups -OCH3 is 2. The van der Waals surface area contributed by atoms with Gasteiger partial charge in [0.2, 0.25) is 0 Å². The highest BCUT2D eigenvalue weighted by Crippen LogP contribution is 2.51. The van der Waals surface area contributed by atoms with Crippen molar-refractivity contribution in [3.05, 3.63) is 82.1 Å². The van der Waals surface area contributed by atoms with Gasteiger partial charge in [0.05, 0.1) is 18.7 Å². The molecule has 0 atom stereocenters. The summed E-state index contributed by atoms with van der Waals surface area (Å²) in [4.78, 5) is 0. The molecular weight excluding hydrogens is 411 g/mol. The van der Waals surface area contributed by atoms with E-state index in [-0.39, 0.29) is 5.82 Å². The van der Waals surface area contributed by atoms with Gasteiger partial charge in [-0.05, 0) is 40.2 Å². The fourth-order valence-electron chi connectivity index (χ4n) is 3.43. The van der Waals surface area contributed by atoms with Gasteiger partial charge in [0.1, 0.15) is 28.7 Å². The average molecular weight is 429 g/mol. The molecule has 1 aliphatic rings. The summed E-state index contributed by atoms with van der Waals surface area (Å²) in [5.41, 5.74) is 2.34. The zero-order valence-electron chi connectivity index (χ0n) is 14.8. The Morgan fingerprint density at radius 1 is 0.815 bits per heavy atom. The molecule has 0 bridgehead atoms. The second kappa shape index (κ2) is 6.78. The molecule has 0 radical (unpaired) electrons. The maximum atomic E-state index is 14.4. The highest BCUT2D eigenvalue weighted by molar-refractivity contribution is 9.10. The SMILES string of the molecule is COc1ccc(OC)c2c1NC(c1ccccc1)(c1ccc(Br)c(F)c1)N2. The Kier molecular flexibility index (Phi) is 4.44. The first-order valence-corrected chi connectivity index (χ1v) is 9.21. The lowest BCUT2D eigenvalue weighted by Crippen LogP contribution is -2.40. The van der Waals surface area contributed by atoms with Gasteiger partial charge in [-0.25, -0.2) is 4.39 Å². The molecule has 4 nitrogen and oxygen atoms in total. The molecule has 27 heavy (non-hydrogen) atoms. The first-order valence-electron chi connectivity index (χ1n) is 8.41. The summed E-state index contributed by atoms with van der Waals surface area (Å²) >= 11 is 3.23. The molecule has 3 aromatic rings. The molecule has 0 saturated carbocycles. The summed E-state index contributed by atoms with van der Waals surface area (Å²) in [6.07, 6.45) is 0. The quantitative estimate of drug-likeness (QED) is 0.588. The number of nitrogens with one attached hydrogen (secondary N) is 2. The highest BCUT2D eigenvalue weighted by atomic mass is 79.9. The number of hydrogen-bond acceptors (Lipinski definition) is 4. The number of benzene rings is 3. The van der Waals surface area contributed by atoms with E-state index in [1.54, 1.807) is 20.3 Å². The lowest BCUT2D eigenvalue weighted by Gasteiger charge is -2.32. The summed E-state index contributed by atoms with van der Waals surface area (Å²) in [5.74, 6) is 1.02. The molecule has 3 aromatic carbocycles. The second-order valence-electron chi connectivity index (χ2n) is 6.21. The van der Waals surface area contributed by atoms with E-state index in [0.717, 1.165) is 22.5 Å². The summed E-state index contributed by atoms with van der Waals surface area (Å²) in [7, 11) is 3.23. The predicted molar refractivity (Wildman–Crippen MR) is 108 cm³/mol. The summed E-state index contributed by atoms with van der Waals surface area (Å²) in [6.45, 7) is 0. The van der Waals surface area contributed by atoms with E-state index in [0.29, 0.717) is 16.0 Å². The maximum Gasteiger partial charge on any atom is 0.161 e. The van der Waals surface area contributed by atoms with Gasteiger partial charge in [-0.15, -0.1) is 0 Å². The molecule has 0 aliphatic carbocycles. The Morgan fingerprint density at radius 2 is 1.41 bits per heavy atom. The molecule has 0 fully saturated rings. The molecule has 6 heteroatoms. The maximum absolute atomic E-state index is 14.4. The number of ether oxygens (including phenoxy) is 2. The summed E-state index contributed by atoms with van der Waals surface area (Å²) in [6, 6.07) is 18.6. The minimum Gasteiger partial charge on any atom is -0.495 e. The molecule has 0 unspecified atom stereocenters. The topological polar surface area (TPSA) is 42.5 Å². The van der Waals surface area contributed by atoms with E-state index < -0.39 is 5.66 Å². The number of hydrogen-bond donors (Lipinski definition) is 2. The van der Waals surface area contributed by atoms with Crippen molar-refractivity contribution in [1.29, 1.82) is 0 Å². The smallest absolute Gasteiger partial charge is 0.161 e. The lowest BCUT2D eigenvalue weighted by molar-refractivity contribution is 0.407. The van der Waals surface area contributed by atoms with Gasteiger partial charge in [-0.1, -0.05) is 36.4 Å². The number of fused-ring (bicyclic) bond motifs is 1. The fourth-order valence-corrected chi connectivity index (χ4v) is 3.68. The Balaban J connectivity index is 1.95. The van der Waals surface area contributed by atoms with Crippen LogP contribution in [0.5, 0.6) is 11.5 Å². The highest BCUT2D eigenvalue weighted by Gasteiger charge is 2.43. The van der Waals surface area contributed by atoms with E-state index in [2.05, 4.69) is 26.6 Å². The largest absolute Gasteiger partial charge is 0.495 e. The van der Waals surface area contributed by atoms with E-state index in [1.807, 2.05) is 48.5 Å². The van der Waals surface area contributed by atoms with Crippen LogP contribution in [0, 0.1) is 5.82 Å². The fraction of sp³-hybridized carbons (Fsp3) is 0.143. The van der Waals surface area contributed by atoms with E-state index in [1.165, 1.54) is 6.07 Å². The van der Waals surface area contributed by atoms with Crippen LogP contribution in [0.3, 0.4) is 0 Å². The third kappa shape index (κ3) is 2.80. The number of rotatable bonds is 4. The van der Waals surface area contributed by atoms with Gasteiger partial charge < -0.3 is 20.1 Å². The molecule has 0 spiro atoms. The standard InChI is InChI=1S/C21H18BrFN2O2/c1-26-17-10-11-18(27-2)20-19(17)24-21(25-20,13-6-4-3-5-7-13)14-8-9-15(22)16(23)12-14/h3-12,24-25H,1-2H3. The van der Waals surface area contributed by atoms with Crippen LogP contribution in [0.2, 0.25) is 0 Å².